The predicted molar refractivity (Wildman–Crippen MR) is 87.1 cm³/mol. The zero-order valence-electron chi connectivity index (χ0n) is 13.4. The highest BCUT2D eigenvalue weighted by molar-refractivity contribution is 7.98. The van der Waals surface area contributed by atoms with Crippen molar-refractivity contribution in [1.82, 2.24) is 10.2 Å². The maximum absolute atomic E-state index is 12.1. The van der Waals surface area contributed by atoms with Crippen molar-refractivity contribution in [2.24, 2.45) is 5.92 Å². The van der Waals surface area contributed by atoms with Crippen LogP contribution in [0.2, 0.25) is 0 Å². The average Bonchev–Trinajstić information content (AvgIpc) is 2.93. The lowest BCUT2D eigenvalue weighted by Gasteiger charge is -2.35. The molecule has 1 aliphatic rings. The quantitative estimate of drug-likeness (QED) is 0.780. The summed E-state index contributed by atoms with van der Waals surface area (Å²) in [5, 5.41) is 3.43. The molecule has 1 N–H and O–H groups in total. The second-order valence-electron chi connectivity index (χ2n) is 6.17. The smallest absolute Gasteiger partial charge is 0.284 e. The van der Waals surface area contributed by atoms with Gasteiger partial charge < -0.3 is 14.6 Å². The van der Waals surface area contributed by atoms with Gasteiger partial charge in [-0.15, -0.1) is 0 Å². The van der Waals surface area contributed by atoms with E-state index in [1.807, 2.05) is 6.07 Å². The Morgan fingerprint density at radius 3 is 2.86 bits per heavy atom. The zero-order valence-corrected chi connectivity index (χ0v) is 14.2. The molecule has 0 saturated carbocycles. The summed E-state index contributed by atoms with van der Waals surface area (Å²) >= 11 is 0.594. The molecule has 1 aromatic heterocycles. The first-order valence-electron chi connectivity index (χ1n) is 7.96. The van der Waals surface area contributed by atoms with Crippen LogP contribution in [-0.4, -0.2) is 36.3 Å². The van der Waals surface area contributed by atoms with E-state index in [0.29, 0.717) is 36.0 Å². The molecule has 1 aromatic rings. The number of piperidine rings is 1. The van der Waals surface area contributed by atoms with E-state index in [1.54, 1.807) is 6.07 Å². The SMILES string of the molecule is CC(C)N1CCCC(CNCc2ccc(CSC(F)F)o2)C1. The van der Waals surface area contributed by atoms with Crippen LogP contribution in [0.5, 0.6) is 0 Å². The molecule has 2 rings (SSSR count). The normalized spacial score (nSPS) is 20.2. The highest BCUT2D eigenvalue weighted by atomic mass is 32.2. The fourth-order valence-corrected chi connectivity index (χ4v) is 3.32. The molecular weight excluding hydrogens is 306 g/mol. The molecule has 1 atom stereocenters. The van der Waals surface area contributed by atoms with Crippen molar-refractivity contribution >= 4 is 11.8 Å². The first kappa shape index (κ1) is 17.8. The van der Waals surface area contributed by atoms with Crippen LogP contribution in [0, 0.1) is 5.92 Å². The summed E-state index contributed by atoms with van der Waals surface area (Å²) in [4.78, 5) is 2.53. The minimum Gasteiger partial charge on any atom is -0.464 e. The molecule has 1 unspecified atom stereocenters. The summed E-state index contributed by atoms with van der Waals surface area (Å²) in [5.74, 6) is -0.00195. The summed E-state index contributed by atoms with van der Waals surface area (Å²) in [6, 6.07) is 4.27. The third kappa shape index (κ3) is 5.89. The van der Waals surface area contributed by atoms with Gasteiger partial charge in [0, 0.05) is 12.6 Å². The Labute approximate surface area is 135 Å². The molecule has 0 bridgehead atoms. The molecule has 0 amide bonds. The van der Waals surface area contributed by atoms with E-state index < -0.39 is 5.76 Å². The highest BCUT2D eigenvalue weighted by Gasteiger charge is 2.21. The minimum absolute atomic E-state index is 0.226. The molecule has 1 saturated heterocycles. The molecule has 0 spiro atoms. The fourth-order valence-electron chi connectivity index (χ4n) is 2.87. The Bertz CT molecular complexity index is 440. The van der Waals surface area contributed by atoms with Crippen LogP contribution in [0.4, 0.5) is 8.78 Å². The molecule has 0 aromatic carbocycles. The van der Waals surface area contributed by atoms with E-state index in [9.17, 15) is 8.78 Å². The van der Waals surface area contributed by atoms with Crippen molar-refractivity contribution in [2.45, 2.75) is 50.8 Å². The van der Waals surface area contributed by atoms with E-state index >= 15 is 0 Å². The third-order valence-corrected chi connectivity index (χ3v) is 4.78. The fraction of sp³-hybridized carbons (Fsp3) is 0.750. The molecule has 1 aliphatic heterocycles. The Hall–Kier alpha value is -0.590. The molecule has 22 heavy (non-hydrogen) atoms. The van der Waals surface area contributed by atoms with E-state index in [0.717, 1.165) is 18.8 Å². The van der Waals surface area contributed by atoms with E-state index in [1.165, 1.54) is 19.4 Å². The Balaban J connectivity index is 1.68. The van der Waals surface area contributed by atoms with Crippen LogP contribution < -0.4 is 5.32 Å². The van der Waals surface area contributed by atoms with Crippen LogP contribution in [-0.2, 0) is 12.3 Å². The standard InChI is InChI=1S/C16H26F2N2OS/c1-12(2)20-7-3-4-13(10-20)8-19-9-14-5-6-15(21-14)11-22-16(17)18/h5-6,12-13,16,19H,3-4,7-11H2,1-2H3. The van der Waals surface area contributed by atoms with Crippen molar-refractivity contribution in [3.63, 3.8) is 0 Å². The number of nitrogens with zero attached hydrogens (tertiary/aromatic N) is 1. The summed E-state index contributed by atoms with van der Waals surface area (Å²) in [6.07, 6.45) is 2.53. The van der Waals surface area contributed by atoms with Crippen molar-refractivity contribution < 1.29 is 13.2 Å². The van der Waals surface area contributed by atoms with E-state index in [-0.39, 0.29) is 5.75 Å². The van der Waals surface area contributed by atoms with Gasteiger partial charge in [0.15, 0.2) is 0 Å². The van der Waals surface area contributed by atoms with Crippen LogP contribution in [0.15, 0.2) is 16.5 Å². The van der Waals surface area contributed by atoms with Crippen LogP contribution in [0.3, 0.4) is 0 Å². The lowest BCUT2D eigenvalue weighted by molar-refractivity contribution is 0.138. The first-order valence-corrected chi connectivity index (χ1v) is 9.01. The van der Waals surface area contributed by atoms with Gasteiger partial charge in [-0.1, -0.05) is 11.8 Å². The minimum atomic E-state index is -2.35. The monoisotopic (exact) mass is 332 g/mol. The summed E-state index contributed by atoms with van der Waals surface area (Å²) in [7, 11) is 0. The molecule has 0 aliphatic carbocycles. The Morgan fingerprint density at radius 2 is 2.14 bits per heavy atom. The number of alkyl halides is 2. The number of halogens is 2. The van der Waals surface area contributed by atoms with Crippen molar-refractivity contribution in [3.8, 4) is 0 Å². The van der Waals surface area contributed by atoms with Gasteiger partial charge in [-0.05, 0) is 57.8 Å². The number of nitrogens with one attached hydrogen (secondary N) is 1. The predicted octanol–water partition coefficient (Wildman–Crippen LogP) is 3.95. The molecule has 126 valence electrons. The van der Waals surface area contributed by atoms with Gasteiger partial charge in [0.25, 0.3) is 5.76 Å². The number of hydrogen-bond donors (Lipinski definition) is 1. The topological polar surface area (TPSA) is 28.4 Å². The number of hydrogen-bond acceptors (Lipinski definition) is 4. The zero-order chi connectivity index (χ0) is 15.9. The summed E-state index contributed by atoms with van der Waals surface area (Å²) in [5.41, 5.74) is 0. The molecular formula is C16H26F2N2OS. The van der Waals surface area contributed by atoms with Crippen LogP contribution in [0.25, 0.3) is 0 Å². The Morgan fingerprint density at radius 1 is 1.36 bits per heavy atom. The van der Waals surface area contributed by atoms with Gasteiger partial charge in [-0.3, -0.25) is 0 Å². The van der Waals surface area contributed by atoms with Crippen molar-refractivity contribution in [2.75, 3.05) is 19.6 Å². The lowest BCUT2D eigenvalue weighted by Crippen LogP contribution is -2.42. The van der Waals surface area contributed by atoms with E-state index in [4.69, 9.17) is 4.42 Å². The Kier molecular flexibility index (Phi) is 7.18. The maximum Gasteiger partial charge on any atom is 0.284 e. The van der Waals surface area contributed by atoms with Crippen molar-refractivity contribution in [1.29, 1.82) is 0 Å². The molecule has 3 nitrogen and oxygen atoms in total. The number of likely N-dealkylation sites (tertiary alicyclic amines) is 1. The second kappa shape index (κ2) is 8.89. The second-order valence-corrected chi connectivity index (χ2v) is 7.15. The van der Waals surface area contributed by atoms with Gasteiger partial charge >= 0.3 is 0 Å². The summed E-state index contributed by atoms with van der Waals surface area (Å²) in [6.45, 7) is 8.49. The number of furan rings is 1. The lowest BCUT2D eigenvalue weighted by atomic mass is 9.97. The van der Waals surface area contributed by atoms with Crippen molar-refractivity contribution in [3.05, 3.63) is 23.7 Å². The van der Waals surface area contributed by atoms with Gasteiger partial charge in [0.2, 0.25) is 0 Å². The van der Waals surface area contributed by atoms with Crippen LogP contribution >= 0.6 is 11.8 Å². The average molecular weight is 332 g/mol. The largest absolute Gasteiger partial charge is 0.464 e. The van der Waals surface area contributed by atoms with Gasteiger partial charge in [-0.25, -0.2) is 0 Å². The van der Waals surface area contributed by atoms with Gasteiger partial charge in [0.05, 0.1) is 12.3 Å². The van der Waals surface area contributed by atoms with Gasteiger partial charge in [0.1, 0.15) is 11.5 Å². The van der Waals surface area contributed by atoms with Gasteiger partial charge in [-0.2, -0.15) is 8.78 Å². The molecule has 2 heterocycles. The summed E-state index contributed by atoms with van der Waals surface area (Å²) < 4.78 is 29.8. The van der Waals surface area contributed by atoms with E-state index in [2.05, 4.69) is 24.1 Å². The molecule has 6 heteroatoms. The van der Waals surface area contributed by atoms with Crippen LogP contribution in [0.1, 0.15) is 38.2 Å². The third-order valence-electron chi connectivity index (χ3n) is 4.08. The maximum atomic E-state index is 12.1. The first-order chi connectivity index (χ1) is 10.5. The molecule has 0 radical (unpaired) electrons. The molecule has 1 fully saturated rings. The highest BCUT2D eigenvalue weighted by Crippen LogP contribution is 2.21. The number of thioether (sulfide) groups is 1. The number of rotatable bonds is 8.